The summed E-state index contributed by atoms with van der Waals surface area (Å²) in [4.78, 5) is 14.1. The van der Waals surface area contributed by atoms with Gasteiger partial charge in [-0.1, -0.05) is 0 Å². The van der Waals surface area contributed by atoms with Crippen LogP contribution >= 0.6 is 0 Å². The van der Waals surface area contributed by atoms with Gasteiger partial charge in [0.1, 0.15) is 5.60 Å². The monoisotopic (exact) mass is 306 g/mol. The number of hydrogen-bond donors (Lipinski definition) is 1. The molecule has 2 aliphatic heterocycles. The Morgan fingerprint density at radius 1 is 1.55 bits per heavy atom. The van der Waals surface area contributed by atoms with Crippen LogP contribution in [0.4, 0.5) is 4.79 Å². The highest BCUT2D eigenvalue weighted by Gasteiger charge is 2.53. The molecule has 3 heterocycles. The van der Waals surface area contributed by atoms with Gasteiger partial charge in [-0.15, -0.1) is 0 Å². The van der Waals surface area contributed by atoms with Crippen molar-refractivity contribution in [2.45, 2.75) is 52.3 Å². The van der Waals surface area contributed by atoms with Crippen molar-refractivity contribution in [3.63, 3.8) is 0 Å². The molecule has 2 atom stereocenters. The van der Waals surface area contributed by atoms with Crippen LogP contribution in [0.2, 0.25) is 0 Å². The molecular weight excluding hydrogens is 280 g/mol. The molecule has 1 N–H and O–H groups in total. The third-order valence-electron chi connectivity index (χ3n) is 4.62. The highest BCUT2D eigenvalue weighted by Crippen LogP contribution is 2.47. The Morgan fingerprint density at radius 3 is 2.86 bits per heavy atom. The number of ether oxygens (including phenoxy) is 1. The summed E-state index contributed by atoms with van der Waals surface area (Å²) < 4.78 is 7.44. The lowest BCUT2D eigenvalue weighted by atomic mass is 9.70. The molecule has 0 bridgehead atoms. The van der Waals surface area contributed by atoms with Crippen molar-refractivity contribution in [2.24, 2.45) is 5.41 Å². The third kappa shape index (κ3) is 2.72. The molecule has 6 heteroatoms. The molecule has 0 aromatic carbocycles. The number of rotatable bonds is 2. The lowest BCUT2D eigenvalue weighted by molar-refractivity contribution is 0.0216. The summed E-state index contributed by atoms with van der Waals surface area (Å²) in [6, 6.07) is 0.292. The van der Waals surface area contributed by atoms with Crippen LogP contribution in [-0.4, -0.2) is 46.0 Å². The maximum Gasteiger partial charge on any atom is 0.410 e. The summed E-state index contributed by atoms with van der Waals surface area (Å²) in [5.74, 6) is 0. The Balaban J connectivity index is 1.67. The zero-order valence-electron chi connectivity index (χ0n) is 13.9. The first-order valence-corrected chi connectivity index (χ1v) is 8.07. The fourth-order valence-electron chi connectivity index (χ4n) is 3.42. The van der Waals surface area contributed by atoms with E-state index in [1.165, 1.54) is 5.56 Å². The second-order valence-corrected chi connectivity index (χ2v) is 7.46. The number of carbonyl (C=O) groups is 1. The Morgan fingerprint density at radius 2 is 2.32 bits per heavy atom. The SMILES string of the molecule is CCn1cc([C@@H]2NC[C@]23CCN(C(=O)OC(C)(C)C)C3)cn1. The lowest BCUT2D eigenvalue weighted by Gasteiger charge is -2.47. The van der Waals surface area contributed by atoms with Gasteiger partial charge in [0, 0.05) is 49.4 Å². The van der Waals surface area contributed by atoms with Crippen LogP contribution in [-0.2, 0) is 11.3 Å². The number of aryl methyl sites for hydroxylation is 1. The number of carbonyl (C=O) groups excluding carboxylic acids is 1. The van der Waals surface area contributed by atoms with E-state index in [9.17, 15) is 4.79 Å². The molecule has 6 nitrogen and oxygen atoms in total. The van der Waals surface area contributed by atoms with Gasteiger partial charge in [0.25, 0.3) is 0 Å². The van der Waals surface area contributed by atoms with E-state index in [1.54, 1.807) is 0 Å². The molecule has 122 valence electrons. The predicted molar refractivity (Wildman–Crippen MR) is 83.5 cm³/mol. The molecule has 3 rings (SSSR count). The first-order valence-electron chi connectivity index (χ1n) is 8.07. The molecule has 0 unspecified atom stereocenters. The van der Waals surface area contributed by atoms with E-state index in [0.29, 0.717) is 6.04 Å². The van der Waals surface area contributed by atoms with Crippen molar-refractivity contribution < 1.29 is 9.53 Å². The summed E-state index contributed by atoms with van der Waals surface area (Å²) in [5.41, 5.74) is 0.921. The minimum absolute atomic E-state index is 0.137. The zero-order valence-corrected chi connectivity index (χ0v) is 13.9. The molecule has 2 saturated heterocycles. The van der Waals surface area contributed by atoms with Crippen LogP contribution in [0.15, 0.2) is 12.4 Å². The fourth-order valence-corrected chi connectivity index (χ4v) is 3.42. The van der Waals surface area contributed by atoms with Crippen LogP contribution in [0.5, 0.6) is 0 Å². The predicted octanol–water partition coefficient (Wildman–Crippen LogP) is 2.17. The Hall–Kier alpha value is -1.56. The molecule has 2 fully saturated rings. The van der Waals surface area contributed by atoms with Crippen LogP contribution in [0.3, 0.4) is 0 Å². The van der Waals surface area contributed by atoms with Crippen LogP contribution in [0, 0.1) is 5.41 Å². The second-order valence-electron chi connectivity index (χ2n) is 7.46. The topological polar surface area (TPSA) is 59.4 Å². The summed E-state index contributed by atoms with van der Waals surface area (Å²) >= 11 is 0. The van der Waals surface area contributed by atoms with Crippen molar-refractivity contribution in [3.05, 3.63) is 18.0 Å². The Bertz CT molecular complexity index is 563. The molecule has 0 aliphatic carbocycles. The van der Waals surface area contributed by atoms with E-state index in [4.69, 9.17) is 4.74 Å². The molecular formula is C16H26N4O2. The molecule has 1 aromatic rings. The van der Waals surface area contributed by atoms with E-state index in [2.05, 4.69) is 23.5 Å². The molecule has 0 radical (unpaired) electrons. The largest absolute Gasteiger partial charge is 0.444 e. The van der Waals surface area contributed by atoms with Crippen molar-refractivity contribution >= 4 is 6.09 Å². The minimum Gasteiger partial charge on any atom is -0.444 e. The number of nitrogens with one attached hydrogen (secondary N) is 1. The van der Waals surface area contributed by atoms with E-state index in [-0.39, 0.29) is 11.5 Å². The minimum atomic E-state index is -0.438. The molecule has 1 aromatic heterocycles. The number of nitrogens with zero attached hydrogens (tertiary/aromatic N) is 3. The second kappa shape index (κ2) is 5.26. The van der Waals surface area contributed by atoms with Crippen molar-refractivity contribution in [1.29, 1.82) is 0 Å². The highest BCUT2D eigenvalue weighted by molar-refractivity contribution is 5.68. The van der Waals surface area contributed by atoms with Gasteiger partial charge in [0.2, 0.25) is 0 Å². The molecule has 1 spiro atoms. The van der Waals surface area contributed by atoms with E-state index < -0.39 is 5.60 Å². The van der Waals surface area contributed by atoms with Crippen LogP contribution < -0.4 is 5.32 Å². The van der Waals surface area contributed by atoms with Gasteiger partial charge in [-0.25, -0.2) is 4.79 Å². The van der Waals surface area contributed by atoms with Crippen molar-refractivity contribution in [3.8, 4) is 0 Å². The van der Waals surface area contributed by atoms with E-state index >= 15 is 0 Å². The number of hydrogen-bond acceptors (Lipinski definition) is 4. The van der Waals surface area contributed by atoms with Gasteiger partial charge < -0.3 is 15.0 Å². The zero-order chi connectivity index (χ0) is 16.0. The standard InChI is InChI=1S/C16H26N4O2/c1-5-20-9-12(8-18-20)13-16(10-17-13)6-7-19(11-16)14(21)22-15(2,3)4/h8-9,13,17H,5-7,10-11H2,1-4H3/t13-,16-/m0/s1. The molecule has 0 saturated carbocycles. The normalized spacial score (nSPS) is 28.0. The van der Waals surface area contributed by atoms with E-state index in [1.807, 2.05) is 36.5 Å². The quantitative estimate of drug-likeness (QED) is 0.910. The first kappa shape index (κ1) is 15.3. The van der Waals surface area contributed by atoms with Gasteiger partial charge >= 0.3 is 6.09 Å². The average Bonchev–Trinajstić information content (AvgIpc) is 3.03. The van der Waals surface area contributed by atoms with Gasteiger partial charge in [0.05, 0.1) is 6.20 Å². The highest BCUT2D eigenvalue weighted by atomic mass is 16.6. The average molecular weight is 306 g/mol. The summed E-state index contributed by atoms with van der Waals surface area (Å²) in [7, 11) is 0. The van der Waals surface area contributed by atoms with Gasteiger partial charge in [-0.2, -0.15) is 5.10 Å². The van der Waals surface area contributed by atoms with Crippen molar-refractivity contribution in [1.82, 2.24) is 20.0 Å². The smallest absolute Gasteiger partial charge is 0.410 e. The lowest BCUT2D eigenvalue weighted by Crippen LogP contribution is -2.57. The first-order chi connectivity index (χ1) is 10.3. The Labute approximate surface area is 131 Å². The van der Waals surface area contributed by atoms with Crippen LogP contribution in [0.25, 0.3) is 0 Å². The maximum absolute atomic E-state index is 12.2. The van der Waals surface area contributed by atoms with Gasteiger partial charge in [-0.3, -0.25) is 4.68 Å². The summed E-state index contributed by atoms with van der Waals surface area (Å²) in [5, 5.41) is 7.87. The summed E-state index contributed by atoms with van der Waals surface area (Å²) in [6.07, 6.45) is 4.87. The number of aromatic nitrogens is 2. The fraction of sp³-hybridized carbons (Fsp3) is 0.750. The number of amides is 1. The van der Waals surface area contributed by atoms with Gasteiger partial charge in [-0.05, 0) is 34.1 Å². The Kier molecular flexibility index (Phi) is 3.67. The summed E-state index contributed by atoms with van der Waals surface area (Å²) in [6.45, 7) is 11.2. The van der Waals surface area contributed by atoms with Gasteiger partial charge in [0.15, 0.2) is 0 Å². The maximum atomic E-state index is 12.2. The van der Waals surface area contributed by atoms with E-state index in [0.717, 1.165) is 32.6 Å². The third-order valence-corrected chi connectivity index (χ3v) is 4.62. The molecule has 22 heavy (non-hydrogen) atoms. The molecule has 2 aliphatic rings. The van der Waals surface area contributed by atoms with Crippen molar-refractivity contribution in [2.75, 3.05) is 19.6 Å². The molecule has 1 amide bonds. The number of likely N-dealkylation sites (tertiary alicyclic amines) is 1. The van der Waals surface area contributed by atoms with Crippen LogP contribution in [0.1, 0.15) is 45.7 Å².